The van der Waals surface area contributed by atoms with E-state index in [0.717, 1.165) is 10.2 Å². The van der Waals surface area contributed by atoms with E-state index in [1.165, 1.54) is 0 Å². The van der Waals surface area contributed by atoms with Gasteiger partial charge in [-0.1, -0.05) is 20.8 Å². The highest BCUT2D eigenvalue weighted by Gasteiger charge is 2.13. The lowest BCUT2D eigenvalue weighted by molar-refractivity contribution is -0.113. The van der Waals surface area contributed by atoms with Gasteiger partial charge in [-0.15, -0.1) is 11.8 Å². The molecule has 0 fully saturated rings. The van der Waals surface area contributed by atoms with Crippen molar-refractivity contribution < 1.29 is 4.79 Å². The van der Waals surface area contributed by atoms with Crippen LogP contribution in [0.3, 0.4) is 0 Å². The Morgan fingerprint density at radius 1 is 1.47 bits per heavy atom. The molecule has 0 aliphatic rings. The normalized spacial score (nSPS) is 11.4. The molecule has 1 rings (SSSR count). The maximum atomic E-state index is 11.7. The van der Waals surface area contributed by atoms with Crippen LogP contribution in [-0.4, -0.2) is 21.4 Å². The Labute approximate surface area is 115 Å². The first-order valence-corrected chi connectivity index (χ1v) is 7.13. The quantitative estimate of drug-likeness (QED) is 0.926. The predicted molar refractivity (Wildman–Crippen MR) is 77.5 cm³/mol. The van der Waals surface area contributed by atoms with Gasteiger partial charge >= 0.3 is 0 Å². The molecule has 17 heavy (non-hydrogen) atoms. The Balaban J connectivity index is 2.54. The standard InChI is InChI=1S/C12H17BrN2OS/c1-8-9(13)5-6-10(14-8)15-11(16)7-17-12(2,3)4/h5-6H,7H2,1-4H3,(H,14,15,16). The van der Waals surface area contributed by atoms with Gasteiger partial charge in [0.25, 0.3) is 0 Å². The molecular weight excluding hydrogens is 300 g/mol. The molecule has 0 spiro atoms. The summed E-state index contributed by atoms with van der Waals surface area (Å²) in [5, 5.41) is 2.79. The fraction of sp³-hybridized carbons (Fsp3) is 0.500. The van der Waals surface area contributed by atoms with Crippen LogP contribution in [0.25, 0.3) is 0 Å². The number of nitrogens with one attached hydrogen (secondary N) is 1. The smallest absolute Gasteiger partial charge is 0.235 e. The molecule has 0 radical (unpaired) electrons. The minimum absolute atomic E-state index is 0.0147. The zero-order valence-electron chi connectivity index (χ0n) is 10.5. The maximum absolute atomic E-state index is 11.7. The summed E-state index contributed by atoms with van der Waals surface area (Å²) in [5.74, 6) is 1.03. The third-order valence-electron chi connectivity index (χ3n) is 1.93. The zero-order valence-corrected chi connectivity index (χ0v) is 12.9. The first-order chi connectivity index (χ1) is 7.78. The van der Waals surface area contributed by atoms with Crippen LogP contribution >= 0.6 is 27.7 Å². The Kier molecular flexibility index (Phi) is 5.01. The summed E-state index contributed by atoms with van der Waals surface area (Å²) < 4.78 is 1.04. The molecule has 0 saturated heterocycles. The summed E-state index contributed by atoms with van der Waals surface area (Å²) in [6.45, 7) is 8.16. The Hall–Kier alpha value is -0.550. The number of amides is 1. The van der Waals surface area contributed by atoms with Crippen LogP contribution in [0.5, 0.6) is 0 Å². The number of anilines is 1. The number of rotatable bonds is 3. The van der Waals surface area contributed by atoms with Crippen LogP contribution in [0, 0.1) is 6.92 Å². The summed E-state index contributed by atoms with van der Waals surface area (Å²) in [4.78, 5) is 15.9. The number of carbonyl (C=O) groups excluding carboxylic acids is 1. The number of nitrogens with zero attached hydrogens (tertiary/aromatic N) is 1. The minimum Gasteiger partial charge on any atom is -0.310 e. The van der Waals surface area contributed by atoms with Crippen molar-refractivity contribution in [3.05, 3.63) is 22.3 Å². The molecule has 5 heteroatoms. The molecule has 3 nitrogen and oxygen atoms in total. The van der Waals surface area contributed by atoms with Crippen molar-refractivity contribution in [2.75, 3.05) is 11.1 Å². The van der Waals surface area contributed by atoms with Crippen LogP contribution < -0.4 is 5.32 Å². The number of pyridine rings is 1. The second kappa shape index (κ2) is 5.87. The lowest BCUT2D eigenvalue weighted by Crippen LogP contribution is -2.19. The van der Waals surface area contributed by atoms with E-state index in [-0.39, 0.29) is 10.7 Å². The van der Waals surface area contributed by atoms with Gasteiger partial charge in [-0.05, 0) is 35.0 Å². The molecule has 94 valence electrons. The number of carbonyl (C=O) groups is 1. The summed E-state index contributed by atoms with van der Waals surface area (Å²) >= 11 is 4.99. The maximum Gasteiger partial charge on any atom is 0.235 e. The van der Waals surface area contributed by atoms with Crippen molar-refractivity contribution in [2.45, 2.75) is 32.4 Å². The molecule has 0 aliphatic heterocycles. The largest absolute Gasteiger partial charge is 0.310 e. The number of aromatic nitrogens is 1. The predicted octanol–water partition coefficient (Wildman–Crippen LogP) is 3.62. The summed E-state index contributed by atoms with van der Waals surface area (Å²) in [7, 11) is 0. The average Bonchev–Trinajstić information content (AvgIpc) is 2.20. The Bertz CT molecular complexity index is 415. The molecule has 1 N–H and O–H groups in total. The molecule has 1 aromatic rings. The third-order valence-corrected chi connectivity index (χ3v) is 4.04. The lowest BCUT2D eigenvalue weighted by Gasteiger charge is -2.16. The van der Waals surface area contributed by atoms with Crippen molar-refractivity contribution in [1.29, 1.82) is 0 Å². The van der Waals surface area contributed by atoms with Gasteiger partial charge < -0.3 is 5.32 Å². The summed E-state index contributed by atoms with van der Waals surface area (Å²) in [6, 6.07) is 3.67. The molecule has 1 heterocycles. The third kappa shape index (κ3) is 5.55. The molecule has 0 bridgehead atoms. The first kappa shape index (κ1) is 14.5. The SMILES string of the molecule is Cc1nc(NC(=O)CSC(C)(C)C)ccc1Br. The van der Waals surface area contributed by atoms with Gasteiger partial charge in [-0.3, -0.25) is 4.79 Å². The summed E-state index contributed by atoms with van der Waals surface area (Å²) in [5.41, 5.74) is 0.867. The van der Waals surface area contributed by atoms with Gasteiger partial charge in [0, 0.05) is 9.22 Å². The van der Waals surface area contributed by atoms with Gasteiger partial charge in [-0.2, -0.15) is 0 Å². The summed E-state index contributed by atoms with van der Waals surface area (Å²) in [6.07, 6.45) is 0. The van der Waals surface area contributed by atoms with Crippen LogP contribution in [0.2, 0.25) is 0 Å². The Morgan fingerprint density at radius 3 is 2.65 bits per heavy atom. The molecule has 1 aromatic heterocycles. The van der Waals surface area contributed by atoms with E-state index in [9.17, 15) is 4.79 Å². The molecule has 0 saturated carbocycles. The molecule has 0 atom stereocenters. The highest BCUT2D eigenvalue weighted by Crippen LogP contribution is 2.23. The average molecular weight is 317 g/mol. The highest BCUT2D eigenvalue weighted by molar-refractivity contribution is 9.10. The number of aryl methyl sites for hydroxylation is 1. The van der Waals surface area contributed by atoms with Crippen molar-refractivity contribution in [1.82, 2.24) is 4.98 Å². The molecular formula is C12H17BrN2OS. The molecule has 0 aliphatic carbocycles. The van der Waals surface area contributed by atoms with E-state index in [0.29, 0.717) is 11.6 Å². The van der Waals surface area contributed by atoms with E-state index in [1.807, 2.05) is 13.0 Å². The molecule has 0 aromatic carbocycles. The number of hydrogen-bond acceptors (Lipinski definition) is 3. The fourth-order valence-electron chi connectivity index (χ4n) is 1.07. The van der Waals surface area contributed by atoms with Crippen molar-refractivity contribution >= 4 is 39.4 Å². The molecule has 1 amide bonds. The van der Waals surface area contributed by atoms with Crippen LogP contribution in [-0.2, 0) is 4.79 Å². The van der Waals surface area contributed by atoms with Crippen LogP contribution in [0.1, 0.15) is 26.5 Å². The van der Waals surface area contributed by atoms with E-state index < -0.39 is 0 Å². The highest BCUT2D eigenvalue weighted by atomic mass is 79.9. The fourth-order valence-corrected chi connectivity index (χ4v) is 1.93. The minimum atomic E-state index is -0.0147. The monoisotopic (exact) mass is 316 g/mol. The van der Waals surface area contributed by atoms with Gasteiger partial charge in [0.05, 0.1) is 11.4 Å². The van der Waals surface area contributed by atoms with Gasteiger partial charge in [0.2, 0.25) is 5.91 Å². The topological polar surface area (TPSA) is 42.0 Å². The van der Waals surface area contributed by atoms with E-state index >= 15 is 0 Å². The van der Waals surface area contributed by atoms with E-state index in [2.05, 4.69) is 47.0 Å². The molecule has 0 unspecified atom stereocenters. The number of halogens is 1. The number of thioether (sulfide) groups is 1. The van der Waals surface area contributed by atoms with Crippen molar-refractivity contribution in [2.24, 2.45) is 0 Å². The first-order valence-electron chi connectivity index (χ1n) is 5.35. The van der Waals surface area contributed by atoms with Gasteiger partial charge in [0.15, 0.2) is 0 Å². The Morgan fingerprint density at radius 2 is 2.12 bits per heavy atom. The lowest BCUT2D eigenvalue weighted by atomic mass is 10.3. The van der Waals surface area contributed by atoms with E-state index in [4.69, 9.17) is 0 Å². The van der Waals surface area contributed by atoms with E-state index in [1.54, 1.807) is 17.8 Å². The van der Waals surface area contributed by atoms with Crippen molar-refractivity contribution in [3.63, 3.8) is 0 Å². The second-order valence-corrected chi connectivity index (χ2v) is 7.37. The number of hydrogen-bond donors (Lipinski definition) is 1. The van der Waals surface area contributed by atoms with Gasteiger partial charge in [-0.25, -0.2) is 4.98 Å². The second-order valence-electron chi connectivity index (χ2n) is 4.71. The van der Waals surface area contributed by atoms with Crippen LogP contribution in [0.15, 0.2) is 16.6 Å². The van der Waals surface area contributed by atoms with Gasteiger partial charge in [0.1, 0.15) is 5.82 Å². The van der Waals surface area contributed by atoms with Crippen molar-refractivity contribution in [3.8, 4) is 0 Å². The van der Waals surface area contributed by atoms with Crippen LogP contribution in [0.4, 0.5) is 5.82 Å². The zero-order chi connectivity index (χ0) is 13.1.